The van der Waals surface area contributed by atoms with E-state index in [1.165, 1.54) is 12.1 Å². The van der Waals surface area contributed by atoms with E-state index >= 15 is 0 Å². The molecule has 5 heteroatoms. The number of ether oxygens (including phenoxy) is 1. The lowest BCUT2D eigenvalue weighted by Crippen LogP contribution is -2.01. The largest absolute Gasteiger partial charge is 0.488 e. The van der Waals surface area contributed by atoms with Crippen LogP contribution in [0, 0.1) is 5.82 Å². The summed E-state index contributed by atoms with van der Waals surface area (Å²) < 4.78 is 20.3. The Balaban J connectivity index is 2.18. The molecule has 0 heterocycles. The van der Waals surface area contributed by atoms with E-state index in [2.05, 4.69) is 31.9 Å². The Labute approximate surface area is 133 Å². The SMILES string of the molecule is CC(O)c1cc(Br)ccc1OCc1ccc(F)cc1Br. The Morgan fingerprint density at radius 2 is 1.95 bits per heavy atom. The van der Waals surface area contributed by atoms with E-state index in [0.717, 1.165) is 10.0 Å². The van der Waals surface area contributed by atoms with E-state index in [0.29, 0.717) is 22.4 Å². The van der Waals surface area contributed by atoms with Gasteiger partial charge in [0.1, 0.15) is 18.2 Å². The van der Waals surface area contributed by atoms with Gasteiger partial charge in [0.05, 0.1) is 6.10 Å². The first-order valence-corrected chi connectivity index (χ1v) is 7.60. The summed E-state index contributed by atoms with van der Waals surface area (Å²) in [5, 5.41) is 9.76. The fraction of sp³-hybridized carbons (Fsp3) is 0.200. The minimum atomic E-state index is -0.626. The molecule has 0 fully saturated rings. The zero-order chi connectivity index (χ0) is 14.7. The van der Waals surface area contributed by atoms with E-state index in [4.69, 9.17) is 4.74 Å². The molecule has 1 N–H and O–H groups in total. The Kier molecular flexibility index (Phi) is 5.18. The second-order valence-corrected chi connectivity index (χ2v) is 6.15. The molecule has 2 nitrogen and oxygen atoms in total. The lowest BCUT2D eigenvalue weighted by atomic mass is 10.1. The third kappa shape index (κ3) is 3.81. The van der Waals surface area contributed by atoms with Crippen molar-refractivity contribution in [1.29, 1.82) is 0 Å². The van der Waals surface area contributed by atoms with E-state index in [1.807, 2.05) is 12.1 Å². The van der Waals surface area contributed by atoms with Crippen LogP contribution in [0.2, 0.25) is 0 Å². The van der Waals surface area contributed by atoms with Gasteiger partial charge in [0.15, 0.2) is 0 Å². The Hall–Kier alpha value is -0.910. The fourth-order valence-electron chi connectivity index (χ4n) is 1.77. The molecular formula is C15H13Br2FO2. The topological polar surface area (TPSA) is 29.5 Å². The standard InChI is InChI=1S/C15H13Br2FO2/c1-9(19)13-6-11(16)3-5-15(13)20-8-10-2-4-12(18)7-14(10)17/h2-7,9,19H,8H2,1H3. The first-order chi connectivity index (χ1) is 9.47. The summed E-state index contributed by atoms with van der Waals surface area (Å²) in [7, 11) is 0. The first-order valence-electron chi connectivity index (χ1n) is 6.01. The molecule has 1 atom stereocenters. The van der Waals surface area contributed by atoms with Crippen LogP contribution in [-0.2, 0) is 6.61 Å². The summed E-state index contributed by atoms with van der Waals surface area (Å²) in [5.74, 6) is 0.313. The maximum atomic E-state index is 13.0. The van der Waals surface area contributed by atoms with Crippen LogP contribution in [0.4, 0.5) is 4.39 Å². The monoisotopic (exact) mass is 402 g/mol. The molecule has 0 aliphatic heterocycles. The van der Waals surface area contributed by atoms with E-state index in [1.54, 1.807) is 19.1 Å². The molecule has 2 rings (SSSR count). The zero-order valence-corrected chi connectivity index (χ0v) is 13.9. The highest BCUT2D eigenvalue weighted by Gasteiger charge is 2.11. The van der Waals surface area contributed by atoms with Crippen molar-refractivity contribution >= 4 is 31.9 Å². The van der Waals surface area contributed by atoms with Crippen LogP contribution in [0.15, 0.2) is 45.3 Å². The molecule has 0 saturated heterocycles. The van der Waals surface area contributed by atoms with Gasteiger partial charge in [-0.05, 0) is 37.3 Å². The van der Waals surface area contributed by atoms with Gasteiger partial charge in [-0.2, -0.15) is 0 Å². The van der Waals surface area contributed by atoms with Crippen LogP contribution in [0.3, 0.4) is 0 Å². The third-order valence-electron chi connectivity index (χ3n) is 2.82. The second kappa shape index (κ2) is 6.70. The Morgan fingerprint density at radius 1 is 1.20 bits per heavy atom. The number of benzene rings is 2. The minimum Gasteiger partial charge on any atom is -0.488 e. The minimum absolute atomic E-state index is 0.294. The summed E-state index contributed by atoms with van der Waals surface area (Å²) in [5.41, 5.74) is 1.54. The molecule has 0 aromatic heterocycles. The van der Waals surface area contributed by atoms with Crippen molar-refractivity contribution in [2.45, 2.75) is 19.6 Å². The molecule has 1 unspecified atom stereocenters. The summed E-state index contributed by atoms with van der Waals surface area (Å²) in [6.45, 7) is 1.98. The summed E-state index contributed by atoms with van der Waals surface area (Å²) in [4.78, 5) is 0. The second-order valence-electron chi connectivity index (χ2n) is 4.38. The van der Waals surface area contributed by atoms with Gasteiger partial charge in [-0.25, -0.2) is 4.39 Å². The Bertz CT molecular complexity index is 615. The average Bonchev–Trinajstić information content (AvgIpc) is 2.38. The van der Waals surface area contributed by atoms with Crippen molar-refractivity contribution in [3.8, 4) is 5.75 Å². The quantitative estimate of drug-likeness (QED) is 0.779. The molecule has 0 amide bonds. The van der Waals surface area contributed by atoms with Crippen molar-refractivity contribution in [2.24, 2.45) is 0 Å². The lowest BCUT2D eigenvalue weighted by Gasteiger charge is -2.14. The number of hydrogen-bond acceptors (Lipinski definition) is 2. The highest BCUT2D eigenvalue weighted by molar-refractivity contribution is 9.10. The molecule has 20 heavy (non-hydrogen) atoms. The molecule has 0 spiro atoms. The highest BCUT2D eigenvalue weighted by Crippen LogP contribution is 2.29. The fourth-order valence-corrected chi connectivity index (χ4v) is 2.62. The number of hydrogen-bond donors (Lipinski definition) is 1. The smallest absolute Gasteiger partial charge is 0.125 e. The van der Waals surface area contributed by atoms with Crippen LogP contribution in [0.1, 0.15) is 24.2 Å². The van der Waals surface area contributed by atoms with Crippen LogP contribution in [0.5, 0.6) is 5.75 Å². The molecular weight excluding hydrogens is 391 g/mol. The summed E-state index contributed by atoms with van der Waals surface area (Å²) in [6, 6.07) is 9.92. The number of rotatable bonds is 4. The molecule has 2 aromatic rings. The van der Waals surface area contributed by atoms with Gasteiger partial charge < -0.3 is 9.84 Å². The predicted octanol–water partition coefficient (Wildman–Crippen LogP) is 4.98. The normalized spacial score (nSPS) is 12.2. The number of aliphatic hydroxyl groups is 1. The van der Waals surface area contributed by atoms with E-state index < -0.39 is 6.10 Å². The molecule has 0 bridgehead atoms. The predicted molar refractivity (Wildman–Crippen MR) is 83.2 cm³/mol. The van der Waals surface area contributed by atoms with Crippen LogP contribution >= 0.6 is 31.9 Å². The van der Waals surface area contributed by atoms with Crippen molar-refractivity contribution in [2.75, 3.05) is 0 Å². The molecule has 0 aliphatic carbocycles. The maximum absolute atomic E-state index is 13.0. The van der Waals surface area contributed by atoms with Crippen LogP contribution in [0.25, 0.3) is 0 Å². The van der Waals surface area contributed by atoms with Gasteiger partial charge in [-0.15, -0.1) is 0 Å². The highest BCUT2D eigenvalue weighted by atomic mass is 79.9. The molecule has 2 aromatic carbocycles. The maximum Gasteiger partial charge on any atom is 0.125 e. The number of halogens is 3. The Morgan fingerprint density at radius 3 is 2.60 bits per heavy atom. The molecule has 106 valence electrons. The molecule has 0 radical (unpaired) electrons. The van der Waals surface area contributed by atoms with Crippen molar-refractivity contribution in [3.63, 3.8) is 0 Å². The van der Waals surface area contributed by atoms with Crippen LogP contribution < -0.4 is 4.74 Å². The molecule has 0 saturated carbocycles. The average molecular weight is 404 g/mol. The van der Waals surface area contributed by atoms with Gasteiger partial charge in [0.25, 0.3) is 0 Å². The zero-order valence-electron chi connectivity index (χ0n) is 10.7. The van der Waals surface area contributed by atoms with Crippen molar-refractivity contribution < 1.29 is 14.2 Å². The van der Waals surface area contributed by atoms with Crippen molar-refractivity contribution in [1.82, 2.24) is 0 Å². The summed E-state index contributed by atoms with van der Waals surface area (Å²) >= 11 is 6.67. The van der Waals surface area contributed by atoms with Crippen molar-refractivity contribution in [3.05, 3.63) is 62.3 Å². The molecule has 0 aliphatic rings. The van der Waals surface area contributed by atoms with E-state index in [9.17, 15) is 9.50 Å². The lowest BCUT2D eigenvalue weighted by molar-refractivity contribution is 0.190. The van der Waals surface area contributed by atoms with Gasteiger partial charge >= 0.3 is 0 Å². The van der Waals surface area contributed by atoms with E-state index in [-0.39, 0.29) is 5.82 Å². The van der Waals surface area contributed by atoms with Gasteiger partial charge in [-0.3, -0.25) is 0 Å². The summed E-state index contributed by atoms with van der Waals surface area (Å²) in [6.07, 6.45) is -0.626. The third-order valence-corrected chi connectivity index (χ3v) is 4.05. The number of aliphatic hydroxyl groups excluding tert-OH is 1. The van der Waals surface area contributed by atoms with Gasteiger partial charge in [0.2, 0.25) is 0 Å². The van der Waals surface area contributed by atoms with Gasteiger partial charge in [0, 0.05) is 20.1 Å². The van der Waals surface area contributed by atoms with Gasteiger partial charge in [-0.1, -0.05) is 37.9 Å². The first kappa shape index (κ1) is 15.5. The van der Waals surface area contributed by atoms with Crippen LogP contribution in [-0.4, -0.2) is 5.11 Å².